The number of benzene rings is 1. The molecule has 0 aliphatic rings. The summed E-state index contributed by atoms with van der Waals surface area (Å²) in [6.45, 7) is 3.26. The predicted molar refractivity (Wildman–Crippen MR) is 74.1 cm³/mol. The Balaban J connectivity index is 3.28. The molecule has 1 rings (SSSR count). The standard InChI is InChI=1S/C13H18FNO5S/c1-9(2)15(6-3-7-16)21(19,20)10-4-5-12(14)11(8-10)13(17)18/h4-5,8-9,16H,3,6-7H2,1-2H3,(H,17,18). The van der Waals surface area contributed by atoms with Crippen LogP contribution >= 0.6 is 0 Å². The van der Waals surface area contributed by atoms with E-state index in [-0.39, 0.29) is 30.5 Å². The number of aromatic carboxylic acids is 1. The molecule has 0 saturated carbocycles. The van der Waals surface area contributed by atoms with E-state index < -0.39 is 27.4 Å². The molecule has 8 heteroatoms. The van der Waals surface area contributed by atoms with Gasteiger partial charge in [0.2, 0.25) is 10.0 Å². The minimum atomic E-state index is -3.95. The van der Waals surface area contributed by atoms with Crippen LogP contribution in [0.4, 0.5) is 4.39 Å². The monoisotopic (exact) mass is 319 g/mol. The van der Waals surface area contributed by atoms with Crippen molar-refractivity contribution in [3.8, 4) is 0 Å². The van der Waals surface area contributed by atoms with Gasteiger partial charge < -0.3 is 10.2 Å². The molecule has 1 aromatic carbocycles. The number of carboxylic acid groups (broad SMARTS) is 1. The van der Waals surface area contributed by atoms with Crippen molar-refractivity contribution in [2.75, 3.05) is 13.2 Å². The van der Waals surface area contributed by atoms with E-state index in [2.05, 4.69) is 0 Å². The Hall–Kier alpha value is -1.51. The van der Waals surface area contributed by atoms with Crippen LogP contribution in [0.25, 0.3) is 0 Å². The number of aliphatic hydroxyl groups is 1. The first-order valence-electron chi connectivity index (χ1n) is 6.37. The lowest BCUT2D eigenvalue weighted by Gasteiger charge is -2.25. The second kappa shape index (κ2) is 6.97. The summed E-state index contributed by atoms with van der Waals surface area (Å²) in [4.78, 5) is 10.6. The quantitative estimate of drug-likeness (QED) is 0.790. The Kier molecular flexibility index (Phi) is 5.82. The number of carbonyl (C=O) groups is 1. The van der Waals surface area contributed by atoms with Crippen LogP contribution in [0.2, 0.25) is 0 Å². The molecule has 0 radical (unpaired) electrons. The Bertz CT molecular complexity index is 615. The normalized spacial score (nSPS) is 12.1. The van der Waals surface area contributed by atoms with Crippen LogP contribution < -0.4 is 0 Å². The molecule has 0 saturated heterocycles. The molecule has 1 aromatic rings. The van der Waals surface area contributed by atoms with E-state index in [0.29, 0.717) is 0 Å². The third-order valence-corrected chi connectivity index (χ3v) is 4.96. The number of hydrogen-bond acceptors (Lipinski definition) is 4. The molecule has 0 amide bonds. The molecule has 0 heterocycles. The molecule has 0 aliphatic carbocycles. The SMILES string of the molecule is CC(C)N(CCCO)S(=O)(=O)c1ccc(F)c(C(=O)O)c1. The molecule has 0 fully saturated rings. The van der Waals surface area contributed by atoms with E-state index in [0.717, 1.165) is 22.5 Å². The molecule has 6 nitrogen and oxygen atoms in total. The highest BCUT2D eigenvalue weighted by molar-refractivity contribution is 7.89. The average molecular weight is 319 g/mol. The first-order valence-corrected chi connectivity index (χ1v) is 7.81. The van der Waals surface area contributed by atoms with Crippen LogP contribution in [-0.4, -0.2) is 48.1 Å². The number of rotatable bonds is 7. The smallest absolute Gasteiger partial charge is 0.338 e. The zero-order chi connectivity index (χ0) is 16.2. The van der Waals surface area contributed by atoms with Gasteiger partial charge in [-0.05, 0) is 38.5 Å². The summed E-state index contributed by atoms with van der Waals surface area (Å²) in [7, 11) is -3.95. The summed E-state index contributed by atoms with van der Waals surface area (Å²) in [5, 5.41) is 17.7. The van der Waals surface area contributed by atoms with Gasteiger partial charge in [-0.15, -0.1) is 0 Å². The Morgan fingerprint density at radius 1 is 1.38 bits per heavy atom. The van der Waals surface area contributed by atoms with Crippen LogP contribution in [0.1, 0.15) is 30.6 Å². The number of sulfonamides is 1. The van der Waals surface area contributed by atoms with E-state index in [1.54, 1.807) is 13.8 Å². The summed E-state index contributed by atoms with van der Waals surface area (Å²) in [6.07, 6.45) is 0.254. The molecule has 0 aliphatic heterocycles. The van der Waals surface area contributed by atoms with Crippen molar-refractivity contribution >= 4 is 16.0 Å². The van der Waals surface area contributed by atoms with Crippen molar-refractivity contribution in [3.05, 3.63) is 29.6 Å². The van der Waals surface area contributed by atoms with Crippen LogP contribution in [0.5, 0.6) is 0 Å². The largest absolute Gasteiger partial charge is 0.478 e. The molecule has 0 bridgehead atoms. The molecule has 118 valence electrons. The lowest BCUT2D eigenvalue weighted by Crippen LogP contribution is -2.38. The number of carboxylic acids is 1. The van der Waals surface area contributed by atoms with Crippen molar-refractivity contribution in [1.29, 1.82) is 0 Å². The highest BCUT2D eigenvalue weighted by atomic mass is 32.2. The van der Waals surface area contributed by atoms with Gasteiger partial charge in [0, 0.05) is 19.2 Å². The number of hydrogen-bond donors (Lipinski definition) is 2. The molecular weight excluding hydrogens is 301 g/mol. The first kappa shape index (κ1) is 17.5. The number of halogens is 1. The Morgan fingerprint density at radius 2 is 2.00 bits per heavy atom. The van der Waals surface area contributed by atoms with Crippen LogP contribution in [0, 0.1) is 5.82 Å². The van der Waals surface area contributed by atoms with Gasteiger partial charge in [0.05, 0.1) is 10.5 Å². The van der Waals surface area contributed by atoms with Gasteiger partial charge >= 0.3 is 5.97 Å². The number of aliphatic hydroxyl groups excluding tert-OH is 1. The van der Waals surface area contributed by atoms with Crippen LogP contribution in [0.3, 0.4) is 0 Å². The number of nitrogens with zero attached hydrogens (tertiary/aromatic N) is 1. The first-order chi connectivity index (χ1) is 9.71. The third kappa shape index (κ3) is 3.99. The van der Waals surface area contributed by atoms with Crippen molar-refractivity contribution in [2.24, 2.45) is 0 Å². The summed E-state index contributed by atoms with van der Waals surface area (Å²) in [5.74, 6) is -2.52. The maximum Gasteiger partial charge on any atom is 0.338 e. The molecule has 21 heavy (non-hydrogen) atoms. The highest BCUT2D eigenvalue weighted by Gasteiger charge is 2.28. The zero-order valence-electron chi connectivity index (χ0n) is 11.8. The van der Waals surface area contributed by atoms with Crippen molar-refractivity contribution in [1.82, 2.24) is 4.31 Å². The van der Waals surface area contributed by atoms with E-state index in [9.17, 15) is 17.6 Å². The van der Waals surface area contributed by atoms with Crippen LogP contribution in [-0.2, 0) is 10.0 Å². The zero-order valence-corrected chi connectivity index (χ0v) is 12.6. The minimum Gasteiger partial charge on any atom is -0.478 e. The topological polar surface area (TPSA) is 94.9 Å². The summed E-state index contributed by atoms with van der Waals surface area (Å²) in [5.41, 5.74) is -0.693. The second-order valence-electron chi connectivity index (χ2n) is 4.73. The van der Waals surface area contributed by atoms with Gasteiger partial charge in [-0.3, -0.25) is 0 Å². The Labute approximate surface area is 122 Å². The predicted octanol–water partition coefficient (Wildman–Crippen LogP) is 1.31. The van der Waals surface area contributed by atoms with Crippen LogP contribution in [0.15, 0.2) is 23.1 Å². The fraction of sp³-hybridized carbons (Fsp3) is 0.462. The molecule has 0 spiro atoms. The fourth-order valence-corrected chi connectivity index (χ4v) is 3.55. The average Bonchev–Trinajstić information content (AvgIpc) is 2.38. The van der Waals surface area contributed by atoms with Crippen molar-refractivity contribution < 1.29 is 27.8 Å². The lowest BCUT2D eigenvalue weighted by molar-refractivity contribution is 0.0691. The van der Waals surface area contributed by atoms with E-state index in [4.69, 9.17) is 10.2 Å². The van der Waals surface area contributed by atoms with Crippen molar-refractivity contribution in [3.63, 3.8) is 0 Å². The molecule has 0 aromatic heterocycles. The van der Waals surface area contributed by atoms with Gasteiger partial charge in [0.25, 0.3) is 0 Å². The molecular formula is C13H18FNO5S. The second-order valence-corrected chi connectivity index (χ2v) is 6.62. The summed E-state index contributed by atoms with van der Waals surface area (Å²) < 4.78 is 39.5. The van der Waals surface area contributed by atoms with Gasteiger partial charge in [0.1, 0.15) is 5.82 Å². The highest BCUT2D eigenvalue weighted by Crippen LogP contribution is 2.21. The maximum absolute atomic E-state index is 13.3. The Morgan fingerprint density at radius 3 is 2.48 bits per heavy atom. The molecule has 2 N–H and O–H groups in total. The van der Waals surface area contributed by atoms with E-state index >= 15 is 0 Å². The third-order valence-electron chi connectivity index (χ3n) is 2.89. The maximum atomic E-state index is 13.3. The fourth-order valence-electron chi connectivity index (χ4n) is 1.85. The van der Waals surface area contributed by atoms with Gasteiger partial charge in [0.15, 0.2) is 0 Å². The minimum absolute atomic E-state index is 0.0935. The lowest BCUT2D eigenvalue weighted by atomic mass is 10.2. The molecule has 0 atom stereocenters. The molecule has 0 unspecified atom stereocenters. The van der Waals surface area contributed by atoms with Crippen molar-refractivity contribution in [2.45, 2.75) is 31.2 Å². The van der Waals surface area contributed by atoms with Gasteiger partial charge in [-0.2, -0.15) is 4.31 Å². The van der Waals surface area contributed by atoms with Gasteiger partial charge in [-0.25, -0.2) is 17.6 Å². The summed E-state index contributed by atoms with van der Waals surface area (Å²) in [6, 6.07) is 2.29. The van der Waals surface area contributed by atoms with E-state index in [1.165, 1.54) is 0 Å². The van der Waals surface area contributed by atoms with Gasteiger partial charge in [-0.1, -0.05) is 0 Å². The summed E-state index contributed by atoms with van der Waals surface area (Å²) >= 11 is 0. The van der Waals surface area contributed by atoms with E-state index in [1.807, 2.05) is 0 Å².